The van der Waals surface area contributed by atoms with Crippen molar-refractivity contribution in [2.75, 3.05) is 65.9 Å². The SMILES string of the molecule is CC(=O)NCCOCCOCC(=O)CCCNC(=O)c1ccc(C)cc1.CCCC(CC(=O)CCC(NC(=O)COCCOCCCC(=O)CCC(NC(=O)CCCCC(=O)C(=O)O)C(=O)O)C(=O)O)C(=O)O. The number of unbranched alkanes of at least 4 members (excludes halogenated alkanes) is 1. The van der Waals surface area contributed by atoms with E-state index in [1.165, 1.54) is 6.92 Å². The highest BCUT2D eigenvalue weighted by Gasteiger charge is 2.25. The van der Waals surface area contributed by atoms with Gasteiger partial charge in [0.15, 0.2) is 5.78 Å². The van der Waals surface area contributed by atoms with Gasteiger partial charge in [-0.05, 0) is 64.0 Å². The van der Waals surface area contributed by atoms with Crippen molar-refractivity contribution < 1.29 is 96.9 Å². The summed E-state index contributed by atoms with van der Waals surface area (Å²) in [6.07, 6.45) is 1.44. The number of carboxylic acid groups (broad SMARTS) is 4. The third kappa shape index (κ3) is 37.0. The molecular formula is C49H74N4O20. The Morgan fingerprint density at radius 2 is 1.07 bits per heavy atom. The van der Waals surface area contributed by atoms with Gasteiger partial charge in [-0.2, -0.15) is 0 Å². The molecule has 0 aliphatic heterocycles. The minimum Gasteiger partial charge on any atom is -0.481 e. The zero-order chi connectivity index (χ0) is 55.0. The van der Waals surface area contributed by atoms with E-state index in [-0.39, 0.29) is 114 Å². The fourth-order valence-electron chi connectivity index (χ4n) is 6.30. The molecule has 0 heterocycles. The van der Waals surface area contributed by atoms with E-state index in [1.54, 1.807) is 19.1 Å². The predicted octanol–water partition coefficient (Wildman–Crippen LogP) is 1.99. The lowest BCUT2D eigenvalue weighted by molar-refractivity contribution is -0.149. The summed E-state index contributed by atoms with van der Waals surface area (Å²) in [5, 5.41) is 46.3. The van der Waals surface area contributed by atoms with Gasteiger partial charge in [0.05, 0.1) is 39.0 Å². The second-order valence-corrected chi connectivity index (χ2v) is 16.7. The molecule has 3 atom stereocenters. The van der Waals surface area contributed by atoms with Gasteiger partial charge in [0.25, 0.3) is 5.91 Å². The first kappa shape index (κ1) is 66.5. The highest BCUT2D eigenvalue weighted by Crippen LogP contribution is 2.15. The van der Waals surface area contributed by atoms with E-state index < -0.39 is 71.9 Å². The second kappa shape index (κ2) is 41.0. The van der Waals surface area contributed by atoms with Gasteiger partial charge in [-0.3, -0.25) is 43.2 Å². The van der Waals surface area contributed by atoms with E-state index >= 15 is 0 Å². The van der Waals surface area contributed by atoms with Gasteiger partial charge in [-0.25, -0.2) is 14.4 Å². The largest absolute Gasteiger partial charge is 0.481 e. The molecule has 1 aromatic carbocycles. The number of carbonyl (C=O) groups excluding carboxylic acids is 8. The summed E-state index contributed by atoms with van der Waals surface area (Å²) >= 11 is 0. The first-order chi connectivity index (χ1) is 34.7. The molecule has 3 unspecified atom stereocenters. The number of ether oxygens (including phenoxy) is 4. The van der Waals surface area contributed by atoms with E-state index in [2.05, 4.69) is 21.3 Å². The quantitative estimate of drug-likeness (QED) is 0.0342. The fraction of sp³-hybridized carbons (Fsp3) is 0.633. The molecule has 0 aliphatic carbocycles. The van der Waals surface area contributed by atoms with Crippen LogP contribution in [0.3, 0.4) is 0 Å². The van der Waals surface area contributed by atoms with Crippen LogP contribution in [0.5, 0.6) is 0 Å². The van der Waals surface area contributed by atoms with Gasteiger partial charge in [-0.15, -0.1) is 0 Å². The van der Waals surface area contributed by atoms with Crippen LogP contribution in [0.4, 0.5) is 0 Å². The Balaban J connectivity index is 0.00000167. The van der Waals surface area contributed by atoms with Crippen molar-refractivity contribution >= 4 is 70.6 Å². The lowest BCUT2D eigenvalue weighted by Crippen LogP contribution is -2.42. The molecule has 1 aromatic rings. The van der Waals surface area contributed by atoms with Crippen molar-refractivity contribution in [2.45, 2.75) is 129 Å². The average Bonchev–Trinajstić information content (AvgIpc) is 3.33. The number of benzene rings is 1. The normalized spacial score (nSPS) is 11.9. The third-order valence-corrected chi connectivity index (χ3v) is 10.3. The fourth-order valence-corrected chi connectivity index (χ4v) is 6.30. The summed E-state index contributed by atoms with van der Waals surface area (Å²) < 4.78 is 20.9. The highest BCUT2D eigenvalue weighted by atomic mass is 16.5. The van der Waals surface area contributed by atoms with Crippen LogP contribution in [0.15, 0.2) is 24.3 Å². The number of hydrogen-bond donors (Lipinski definition) is 8. The van der Waals surface area contributed by atoms with Gasteiger partial charge in [0.2, 0.25) is 23.5 Å². The van der Waals surface area contributed by atoms with E-state index in [9.17, 15) is 67.7 Å². The average molecular weight is 1040 g/mol. The lowest BCUT2D eigenvalue weighted by Gasteiger charge is -2.15. The smallest absolute Gasteiger partial charge is 0.372 e. The van der Waals surface area contributed by atoms with Crippen molar-refractivity contribution in [3.05, 3.63) is 35.4 Å². The van der Waals surface area contributed by atoms with Crippen molar-refractivity contribution in [1.29, 1.82) is 0 Å². The summed E-state index contributed by atoms with van der Waals surface area (Å²) in [5.74, 6) is -9.32. The molecule has 73 heavy (non-hydrogen) atoms. The Bertz CT molecular complexity index is 1920. The maximum atomic E-state index is 12.1. The summed E-state index contributed by atoms with van der Waals surface area (Å²) in [6, 6.07) is 4.70. The van der Waals surface area contributed by atoms with Crippen LogP contribution in [0.2, 0.25) is 0 Å². The number of amides is 4. The molecule has 0 aromatic heterocycles. The number of aliphatic carboxylic acids is 4. The van der Waals surface area contributed by atoms with E-state index in [0.29, 0.717) is 70.6 Å². The van der Waals surface area contributed by atoms with E-state index in [1.807, 2.05) is 19.1 Å². The van der Waals surface area contributed by atoms with Gasteiger partial charge >= 0.3 is 23.9 Å². The van der Waals surface area contributed by atoms with E-state index in [4.69, 9.17) is 29.2 Å². The molecule has 24 nitrogen and oxygen atoms in total. The Hall–Kier alpha value is -6.50. The Morgan fingerprint density at radius 1 is 0.521 bits per heavy atom. The summed E-state index contributed by atoms with van der Waals surface area (Å²) in [4.78, 5) is 138. The first-order valence-corrected chi connectivity index (χ1v) is 24.1. The maximum absolute atomic E-state index is 12.1. The standard InChI is InChI=1S/C30H46N2O15.C19H28N2O5/c1-2-6-19(27(38)39)17-21(34)11-13-23(29(42)43)32-26(37)18-47-16-15-46-14-5-7-20(33)10-12-22(28(40)41)31-25(36)9-4-3-8-24(35)30(44)45;1-15-5-7-17(8-6-15)19(24)21-9-3-4-18(23)14-26-13-12-25-11-10-20-16(2)22/h19,22-23H,2-18H2,1H3,(H,31,36)(H,32,37)(H,38,39)(H,40,41)(H,42,43)(H,44,45);5-8H,3-4,9-14H2,1-2H3,(H,20,22)(H,21,24). The molecule has 0 bridgehead atoms. The van der Waals surface area contributed by atoms with Crippen LogP contribution < -0.4 is 21.3 Å². The number of hydrogen-bond acceptors (Lipinski definition) is 16. The third-order valence-electron chi connectivity index (χ3n) is 10.3. The molecule has 24 heteroatoms. The van der Waals surface area contributed by atoms with Crippen LogP contribution in [0.1, 0.15) is 126 Å². The highest BCUT2D eigenvalue weighted by molar-refractivity contribution is 6.32. The van der Waals surface area contributed by atoms with Gasteiger partial charge < -0.3 is 60.6 Å². The van der Waals surface area contributed by atoms with Crippen molar-refractivity contribution in [3.8, 4) is 0 Å². The Kier molecular flexibility index (Phi) is 37.4. The molecule has 0 spiro atoms. The number of nitrogens with one attached hydrogen (secondary N) is 4. The van der Waals surface area contributed by atoms with E-state index in [0.717, 1.165) is 5.56 Å². The maximum Gasteiger partial charge on any atom is 0.372 e. The van der Waals surface area contributed by atoms with Gasteiger partial charge in [0, 0.05) is 77.1 Å². The molecule has 0 saturated carbocycles. The summed E-state index contributed by atoms with van der Waals surface area (Å²) in [6.45, 7) is 7.03. The second-order valence-electron chi connectivity index (χ2n) is 16.7. The molecule has 0 radical (unpaired) electrons. The van der Waals surface area contributed by atoms with Crippen molar-refractivity contribution in [3.63, 3.8) is 0 Å². The van der Waals surface area contributed by atoms with Crippen LogP contribution in [0.25, 0.3) is 0 Å². The molecule has 1 rings (SSSR count). The minimum absolute atomic E-state index is 0.00664. The Morgan fingerprint density at radius 3 is 1.64 bits per heavy atom. The number of aryl methyl sites for hydroxylation is 1. The van der Waals surface area contributed by atoms with Crippen molar-refractivity contribution in [1.82, 2.24) is 21.3 Å². The molecule has 4 amide bonds. The first-order valence-electron chi connectivity index (χ1n) is 24.1. The molecular weight excluding hydrogens is 965 g/mol. The summed E-state index contributed by atoms with van der Waals surface area (Å²) in [7, 11) is 0. The zero-order valence-corrected chi connectivity index (χ0v) is 42.0. The van der Waals surface area contributed by atoms with Gasteiger partial charge in [-0.1, -0.05) is 31.0 Å². The summed E-state index contributed by atoms with van der Waals surface area (Å²) in [5.41, 5.74) is 1.72. The number of carboxylic acids is 4. The topological polar surface area (TPSA) is 371 Å². The number of Topliss-reactive ketones (excluding diaryl/α,β-unsaturated/α-hetero) is 4. The lowest BCUT2D eigenvalue weighted by atomic mass is 9.95. The van der Waals surface area contributed by atoms with Crippen LogP contribution in [-0.4, -0.2) is 169 Å². The number of carbonyl (C=O) groups is 12. The van der Waals surface area contributed by atoms with Crippen LogP contribution in [-0.2, 0) is 71.7 Å². The van der Waals surface area contributed by atoms with Crippen LogP contribution >= 0.6 is 0 Å². The molecule has 410 valence electrons. The monoisotopic (exact) mass is 1040 g/mol. The molecule has 0 fully saturated rings. The van der Waals surface area contributed by atoms with Gasteiger partial charge in [0.1, 0.15) is 36.9 Å². The van der Waals surface area contributed by atoms with Crippen LogP contribution in [0, 0.1) is 12.8 Å². The Labute approximate surface area is 424 Å². The molecule has 8 N–H and O–H groups in total. The molecule has 0 aliphatic rings. The minimum atomic E-state index is -1.56. The van der Waals surface area contributed by atoms with Crippen molar-refractivity contribution in [2.24, 2.45) is 5.92 Å². The number of ketones is 4. The molecule has 0 saturated heterocycles. The number of rotatable bonds is 43. The predicted molar refractivity (Wildman–Crippen MR) is 258 cm³/mol. The zero-order valence-electron chi connectivity index (χ0n) is 42.0.